The Balaban J connectivity index is 1.57. The molecule has 2 saturated heterocycles. The van der Waals surface area contributed by atoms with Gasteiger partial charge in [0.05, 0.1) is 11.5 Å². The van der Waals surface area contributed by atoms with Gasteiger partial charge in [-0.15, -0.1) is 0 Å². The van der Waals surface area contributed by atoms with Crippen LogP contribution >= 0.6 is 0 Å². The summed E-state index contributed by atoms with van der Waals surface area (Å²) in [6.45, 7) is 1.79. The zero-order valence-electron chi connectivity index (χ0n) is 14.1. The van der Waals surface area contributed by atoms with Gasteiger partial charge in [0.15, 0.2) is 0 Å². The van der Waals surface area contributed by atoms with E-state index in [1.54, 1.807) is 0 Å². The van der Waals surface area contributed by atoms with Crippen LogP contribution in [-0.2, 0) is 14.6 Å². The molecule has 0 unspecified atom stereocenters. The fraction of sp³-hybridized carbons (Fsp3) is 0.611. The van der Waals surface area contributed by atoms with Gasteiger partial charge in [0.1, 0.15) is 9.84 Å². The van der Waals surface area contributed by atoms with Crippen molar-refractivity contribution in [2.45, 2.75) is 31.2 Å². The summed E-state index contributed by atoms with van der Waals surface area (Å²) >= 11 is 0. The summed E-state index contributed by atoms with van der Waals surface area (Å²) in [5.74, 6) is 1.02. The number of amides is 1. The van der Waals surface area contributed by atoms with Crippen molar-refractivity contribution in [3.8, 4) is 0 Å². The molecule has 0 radical (unpaired) electrons. The molecule has 1 aromatic carbocycles. The van der Waals surface area contributed by atoms with Gasteiger partial charge in [-0.25, -0.2) is 8.42 Å². The molecule has 5 nitrogen and oxygen atoms in total. The standard InChI is InChI=1S/C18H26N2O3S/c1-20-12-16(15-5-3-2-4-6-15)17(13-20)19-18(21)11-14-7-9-24(22,23)10-8-14/h2-6,14,16-17H,7-13H2,1H3,(H,19,21)/t16-,17+/m1/s1. The van der Waals surface area contributed by atoms with Gasteiger partial charge in [-0.2, -0.15) is 0 Å². The third-order valence-electron chi connectivity index (χ3n) is 5.22. The monoisotopic (exact) mass is 350 g/mol. The van der Waals surface area contributed by atoms with Gasteiger partial charge in [0.25, 0.3) is 0 Å². The number of carbonyl (C=O) groups excluding carboxylic acids is 1. The molecule has 0 aliphatic carbocycles. The number of sulfone groups is 1. The topological polar surface area (TPSA) is 66.5 Å². The Labute approximate surface area is 144 Å². The number of hydrogen-bond acceptors (Lipinski definition) is 4. The SMILES string of the molecule is CN1C[C@H](NC(=O)CC2CCS(=O)(=O)CC2)[C@@H](c2ccccc2)C1. The molecule has 0 spiro atoms. The van der Waals surface area contributed by atoms with Gasteiger partial charge in [-0.1, -0.05) is 30.3 Å². The normalized spacial score (nSPS) is 27.9. The maximum Gasteiger partial charge on any atom is 0.220 e. The summed E-state index contributed by atoms with van der Waals surface area (Å²) < 4.78 is 23.0. The largest absolute Gasteiger partial charge is 0.351 e. The Kier molecular flexibility index (Phi) is 5.25. The van der Waals surface area contributed by atoms with Gasteiger partial charge >= 0.3 is 0 Å². The van der Waals surface area contributed by atoms with Crippen molar-refractivity contribution < 1.29 is 13.2 Å². The Morgan fingerprint density at radius 1 is 1.17 bits per heavy atom. The molecule has 2 fully saturated rings. The highest BCUT2D eigenvalue weighted by molar-refractivity contribution is 7.91. The summed E-state index contributed by atoms with van der Waals surface area (Å²) in [5, 5.41) is 3.20. The molecular formula is C18H26N2O3S. The molecular weight excluding hydrogens is 324 g/mol. The molecule has 0 bridgehead atoms. The number of nitrogens with zero attached hydrogens (tertiary/aromatic N) is 1. The second kappa shape index (κ2) is 7.23. The van der Waals surface area contributed by atoms with Gasteiger partial charge in [-0.3, -0.25) is 4.79 Å². The molecule has 2 aliphatic rings. The van der Waals surface area contributed by atoms with Crippen molar-refractivity contribution in [2.24, 2.45) is 5.92 Å². The van der Waals surface area contributed by atoms with Crippen molar-refractivity contribution in [3.05, 3.63) is 35.9 Å². The van der Waals surface area contributed by atoms with Crippen molar-refractivity contribution in [3.63, 3.8) is 0 Å². The Hall–Kier alpha value is -1.40. The van der Waals surface area contributed by atoms with E-state index in [1.165, 1.54) is 5.56 Å². The minimum atomic E-state index is -2.86. The summed E-state index contributed by atoms with van der Waals surface area (Å²) in [4.78, 5) is 14.7. The first-order valence-corrected chi connectivity index (χ1v) is 10.5. The average molecular weight is 350 g/mol. The predicted octanol–water partition coefficient (Wildman–Crippen LogP) is 1.42. The van der Waals surface area contributed by atoms with Crippen molar-refractivity contribution in [2.75, 3.05) is 31.6 Å². The van der Waals surface area contributed by atoms with Crippen LogP contribution in [0.1, 0.15) is 30.7 Å². The molecule has 132 valence electrons. The van der Waals surface area contributed by atoms with E-state index in [1.807, 2.05) is 18.2 Å². The lowest BCUT2D eigenvalue weighted by Crippen LogP contribution is -2.40. The summed E-state index contributed by atoms with van der Waals surface area (Å²) in [5.41, 5.74) is 1.26. The van der Waals surface area contributed by atoms with Crippen LogP contribution in [0.25, 0.3) is 0 Å². The highest BCUT2D eigenvalue weighted by atomic mass is 32.2. The molecule has 1 amide bonds. The van der Waals surface area contributed by atoms with Crippen LogP contribution in [0.3, 0.4) is 0 Å². The van der Waals surface area contributed by atoms with Gasteiger partial charge in [-0.05, 0) is 31.4 Å². The fourth-order valence-corrected chi connectivity index (χ4v) is 5.44. The molecule has 3 rings (SSSR count). The van der Waals surface area contributed by atoms with Crippen LogP contribution in [0.2, 0.25) is 0 Å². The molecule has 2 atom stereocenters. The summed E-state index contributed by atoms with van der Waals surface area (Å²) in [6.07, 6.45) is 1.67. The quantitative estimate of drug-likeness (QED) is 0.892. The Bertz CT molecular complexity index is 661. The number of carbonyl (C=O) groups is 1. The second-order valence-electron chi connectivity index (χ2n) is 7.21. The Morgan fingerprint density at radius 3 is 2.50 bits per heavy atom. The fourth-order valence-electron chi connectivity index (χ4n) is 3.86. The second-order valence-corrected chi connectivity index (χ2v) is 9.52. The third-order valence-corrected chi connectivity index (χ3v) is 6.94. The van der Waals surface area contributed by atoms with Crippen LogP contribution in [0.5, 0.6) is 0 Å². The molecule has 1 aromatic rings. The average Bonchev–Trinajstić information content (AvgIpc) is 2.91. The number of benzene rings is 1. The van der Waals surface area contributed by atoms with Crippen LogP contribution in [0.4, 0.5) is 0 Å². The molecule has 0 saturated carbocycles. The van der Waals surface area contributed by atoms with E-state index in [4.69, 9.17) is 0 Å². The predicted molar refractivity (Wildman–Crippen MR) is 94.6 cm³/mol. The van der Waals surface area contributed by atoms with E-state index in [0.29, 0.717) is 25.2 Å². The lowest BCUT2D eigenvalue weighted by atomic mass is 9.93. The highest BCUT2D eigenvalue weighted by Gasteiger charge is 2.33. The van der Waals surface area contributed by atoms with E-state index < -0.39 is 9.84 Å². The van der Waals surface area contributed by atoms with E-state index in [0.717, 1.165) is 13.1 Å². The van der Waals surface area contributed by atoms with Gasteiger partial charge in [0, 0.05) is 31.5 Å². The molecule has 24 heavy (non-hydrogen) atoms. The van der Waals surface area contributed by atoms with Crippen LogP contribution in [0.15, 0.2) is 30.3 Å². The first kappa shape index (κ1) is 17.4. The van der Waals surface area contributed by atoms with Gasteiger partial charge in [0.2, 0.25) is 5.91 Å². The maximum atomic E-state index is 12.4. The number of rotatable bonds is 4. The zero-order chi connectivity index (χ0) is 17.2. The summed E-state index contributed by atoms with van der Waals surface area (Å²) in [6, 6.07) is 10.4. The molecule has 6 heteroatoms. The minimum absolute atomic E-state index is 0.0560. The lowest BCUT2D eigenvalue weighted by Gasteiger charge is -2.24. The molecule has 2 heterocycles. The molecule has 1 N–H and O–H groups in total. The van der Waals surface area contributed by atoms with Crippen LogP contribution in [0, 0.1) is 5.92 Å². The van der Waals surface area contributed by atoms with Crippen molar-refractivity contribution >= 4 is 15.7 Å². The maximum absolute atomic E-state index is 12.4. The van der Waals surface area contributed by atoms with E-state index in [9.17, 15) is 13.2 Å². The van der Waals surface area contributed by atoms with E-state index in [-0.39, 0.29) is 29.4 Å². The summed E-state index contributed by atoms with van der Waals surface area (Å²) in [7, 11) is -0.787. The smallest absolute Gasteiger partial charge is 0.220 e. The number of likely N-dealkylation sites (tertiary alicyclic amines) is 1. The zero-order valence-corrected chi connectivity index (χ0v) is 15.0. The molecule has 2 aliphatic heterocycles. The van der Waals surface area contributed by atoms with Gasteiger partial charge < -0.3 is 10.2 Å². The number of hydrogen-bond donors (Lipinski definition) is 1. The van der Waals surface area contributed by atoms with E-state index >= 15 is 0 Å². The molecule has 0 aromatic heterocycles. The number of nitrogens with one attached hydrogen (secondary N) is 1. The Morgan fingerprint density at radius 2 is 1.83 bits per heavy atom. The van der Waals surface area contributed by atoms with Crippen molar-refractivity contribution in [1.29, 1.82) is 0 Å². The lowest BCUT2D eigenvalue weighted by molar-refractivity contribution is -0.122. The van der Waals surface area contributed by atoms with Crippen LogP contribution < -0.4 is 5.32 Å². The highest BCUT2D eigenvalue weighted by Crippen LogP contribution is 2.27. The van der Waals surface area contributed by atoms with Crippen molar-refractivity contribution in [1.82, 2.24) is 10.2 Å². The third kappa shape index (κ3) is 4.36. The first-order chi connectivity index (χ1) is 11.4. The number of likely N-dealkylation sites (N-methyl/N-ethyl adjacent to an activating group) is 1. The van der Waals surface area contributed by atoms with Crippen LogP contribution in [-0.4, -0.2) is 56.9 Å². The minimum Gasteiger partial charge on any atom is -0.351 e. The van der Waals surface area contributed by atoms with E-state index in [2.05, 4.69) is 29.4 Å². The first-order valence-electron chi connectivity index (χ1n) is 8.66.